The first-order chi connectivity index (χ1) is 27.8. The van der Waals surface area contributed by atoms with Gasteiger partial charge < -0.3 is 24.4 Å². The normalized spacial score (nSPS) is 18.4. The summed E-state index contributed by atoms with van der Waals surface area (Å²) in [5.74, 6) is -1.01. The highest BCUT2D eigenvalue weighted by atomic mass is 32.2. The first-order valence-electron chi connectivity index (χ1n) is 19.0. The number of pyridine rings is 1. The van der Waals surface area contributed by atoms with Crippen LogP contribution >= 0.6 is 11.3 Å². The Labute approximate surface area is 338 Å². The summed E-state index contributed by atoms with van der Waals surface area (Å²) in [6.07, 6.45) is 5.18. The molecule has 0 saturated heterocycles. The van der Waals surface area contributed by atoms with Crippen molar-refractivity contribution in [1.29, 1.82) is 0 Å². The van der Waals surface area contributed by atoms with Gasteiger partial charge in [0.2, 0.25) is 0 Å². The van der Waals surface area contributed by atoms with Crippen molar-refractivity contribution >= 4 is 48.2 Å². The lowest BCUT2D eigenvalue weighted by Gasteiger charge is -2.34. The number of fused-ring (bicyclic) bond motifs is 6. The van der Waals surface area contributed by atoms with Crippen molar-refractivity contribution in [3.63, 3.8) is 0 Å². The Kier molecular flexibility index (Phi) is 10.7. The maximum absolute atomic E-state index is 16.5. The molecule has 17 heteroatoms. The highest BCUT2D eigenvalue weighted by molar-refractivity contribution is 7.93. The molecule has 4 aromatic heterocycles. The molecule has 13 nitrogen and oxygen atoms in total. The third kappa shape index (κ3) is 7.77. The molecule has 2 bridgehead atoms. The molecule has 2 aromatic carbocycles. The van der Waals surface area contributed by atoms with Crippen LogP contribution in [0.25, 0.3) is 54.8 Å². The van der Waals surface area contributed by atoms with E-state index in [0.717, 1.165) is 40.4 Å². The quantitative estimate of drug-likeness (QED) is 0.190. The van der Waals surface area contributed by atoms with Crippen molar-refractivity contribution in [3.05, 3.63) is 76.8 Å². The lowest BCUT2D eigenvalue weighted by Crippen LogP contribution is -2.48. The van der Waals surface area contributed by atoms with Gasteiger partial charge in [0, 0.05) is 82.7 Å². The zero-order chi connectivity index (χ0) is 40.9. The fourth-order valence-electron chi connectivity index (χ4n) is 7.49. The Balaban J connectivity index is 1.32. The Bertz CT molecular complexity index is 2690. The Hall–Kier alpha value is -5.39. The number of urea groups is 1. The number of benzene rings is 2. The predicted octanol–water partition coefficient (Wildman–Crippen LogP) is 7.65. The van der Waals surface area contributed by atoms with Crippen molar-refractivity contribution < 1.29 is 36.2 Å². The second-order valence-corrected chi connectivity index (χ2v) is 17.6. The number of sulfone groups is 1. The number of nitrogens with one attached hydrogen (secondary N) is 1. The molecule has 2 amide bonds. The van der Waals surface area contributed by atoms with Crippen LogP contribution in [0.3, 0.4) is 0 Å². The van der Waals surface area contributed by atoms with Gasteiger partial charge in [-0.05, 0) is 57.2 Å². The molecule has 6 aromatic rings. The molecule has 8 rings (SSSR count). The zero-order valence-electron chi connectivity index (χ0n) is 32.7. The van der Waals surface area contributed by atoms with E-state index < -0.39 is 39.7 Å². The molecule has 0 unspecified atom stereocenters. The van der Waals surface area contributed by atoms with Gasteiger partial charge in [-0.25, -0.2) is 27.0 Å². The minimum atomic E-state index is -3.37. The van der Waals surface area contributed by atoms with E-state index in [9.17, 15) is 13.2 Å². The molecule has 3 atom stereocenters. The van der Waals surface area contributed by atoms with Gasteiger partial charge in [-0.1, -0.05) is 6.08 Å². The Morgan fingerprint density at radius 3 is 2.67 bits per heavy atom. The molecule has 0 fully saturated rings. The van der Waals surface area contributed by atoms with Crippen molar-refractivity contribution in [1.82, 2.24) is 34.8 Å². The molecule has 0 spiro atoms. The Morgan fingerprint density at radius 1 is 1.05 bits per heavy atom. The number of hydrogen-bond donors (Lipinski definition) is 1. The fourth-order valence-corrected chi connectivity index (χ4v) is 8.96. The first-order valence-corrected chi connectivity index (χ1v) is 21.9. The lowest BCUT2D eigenvalue weighted by atomic mass is 9.95. The molecule has 0 saturated carbocycles. The molecule has 304 valence electrons. The minimum absolute atomic E-state index is 0.00319. The fraction of sp³-hybridized carbons (Fsp3) is 0.366. The van der Waals surface area contributed by atoms with Gasteiger partial charge in [-0.15, -0.1) is 11.3 Å². The average Bonchev–Trinajstić information content (AvgIpc) is 3.92. The number of amides is 2. The Morgan fingerprint density at radius 2 is 1.86 bits per heavy atom. The summed E-state index contributed by atoms with van der Waals surface area (Å²) < 4.78 is 77.9. The minimum Gasteiger partial charge on any atom is -0.493 e. The summed E-state index contributed by atoms with van der Waals surface area (Å²) in [6, 6.07) is 8.38. The van der Waals surface area contributed by atoms with Crippen LogP contribution in [-0.2, 0) is 28.2 Å². The van der Waals surface area contributed by atoms with Gasteiger partial charge in [0.15, 0.2) is 9.84 Å². The predicted molar refractivity (Wildman–Crippen MR) is 219 cm³/mol. The number of hydrogen-bond acceptors (Lipinski definition) is 10. The summed E-state index contributed by atoms with van der Waals surface area (Å²) in [5.41, 5.74) is 4.03. The largest absolute Gasteiger partial charge is 0.493 e. The van der Waals surface area contributed by atoms with Crippen LogP contribution in [-0.4, -0.2) is 88.7 Å². The van der Waals surface area contributed by atoms with Gasteiger partial charge in [0.25, 0.3) is 0 Å². The molecular formula is C41H43F2N7O6S2. The number of halogens is 2. The standard InChI is InChI=1S/C41H43F2N7O6S2/c1-23(9-15-58(5,52)53)45-41(51)49-10-11-50-32(25(49)3)19-31(47-50)39-37-36-30(43)17-27(42)18-35(36)56-24(2)22-54-12-6-7-13-55-34-20-33-26(21-44-48(33)4)16-29(34)38(46-39)28-8-14-57-40(28)37/h8-9,14-21,23-25H,6-7,10-13,22H2,1-5H3,(H,45,51)/b15-9-/t23-,24+,25+/m1/s1. The number of thiophene rings is 1. The topological polar surface area (TPSA) is 143 Å². The second-order valence-electron chi connectivity index (χ2n) is 14.8. The molecule has 2 aliphatic rings. The maximum atomic E-state index is 16.5. The van der Waals surface area contributed by atoms with Gasteiger partial charge >= 0.3 is 6.03 Å². The molecular weight excluding hydrogens is 789 g/mol. The van der Waals surface area contributed by atoms with E-state index in [4.69, 9.17) is 24.3 Å². The highest BCUT2D eigenvalue weighted by Gasteiger charge is 2.33. The molecule has 2 aliphatic heterocycles. The molecule has 58 heavy (non-hydrogen) atoms. The molecule has 0 radical (unpaired) electrons. The third-order valence-electron chi connectivity index (χ3n) is 10.3. The van der Waals surface area contributed by atoms with E-state index in [1.807, 2.05) is 48.3 Å². The van der Waals surface area contributed by atoms with Crippen LogP contribution in [0.1, 0.15) is 45.3 Å². The van der Waals surface area contributed by atoms with Crippen LogP contribution in [0.5, 0.6) is 11.5 Å². The van der Waals surface area contributed by atoms with Crippen LogP contribution in [0.2, 0.25) is 0 Å². The number of ether oxygens (including phenoxy) is 3. The van der Waals surface area contributed by atoms with Crippen molar-refractivity contribution in [2.45, 2.75) is 58.3 Å². The van der Waals surface area contributed by atoms with E-state index >= 15 is 8.78 Å². The number of carbonyl (C=O) groups excluding carboxylic acids is 1. The van der Waals surface area contributed by atoms with Gasteiger partial charge in [-0.3, -0.25) is 9.36 Å². The maximum Gasteiger partial charge on any atom is 0.318 e. The monoisotopic (exact) mass is 831 g/mol. The van der Waals surface area contributed by atoms with Crippen molar-refractivity contribution in [2.24, 2.45) is 7.05 Å². The number of rotatable bonds is 4. The van der Waals surface area contributed by atoms with Crippen molar-refractivity contribution in [2.75, 3.05) is 32.6 Å². The number of aryl methyl sites for hydroxylation is 1. The van der Waals surface area contributed by atoms with Crippen LogP contribution in [0.15, 0.2) is 59.5 Å². The third-order valence-corrected chi connectivity index (χ3v) is 11.9. The van der Waals surface area contributed by atoms with E-state index in [1.165, 1.54) is 23.5 Å². The average molecular weight is 832 g/mol. The molecule has 0 aliphatic carbocycles. The zero-order valence-corrected chi connectivity index (χ0v) is 34.3. The van der Waals surface area contributed by atoms with Crippen LogP contribution < -0.4 is 14.8 Å². The summed E-state index contributed by atoms with van der Waals surface area (Å²) in [6.45, 7) is 7.09. The van der Waals surface area contributed by atoms with Gasteiger partial charge in [-0.2, -0.15) is 10.2 Å². The SMILES string of the molecule is C[C@H](/C=C\S(C)(=O)=O)NC(=O)N1CCn2nc(-c3nc4c5ccsc5c3-c3c(F)cc(F)cc3O[C@@H](C)COCCCCOc3cc5c(cnn5C)cc3-4)cc2[C@@H]1C. The number of aromatic nitrogens is 5. The second kappa shape index (κ2) is 15.8. The first kappa shape index (κ1) is 39.4. The summed E-state index contributed by atoms with van der Waals surface area (Å²) in [7, 11) is -1.50. The number of nitrogens with zero attached hydrogens (tertiary/aromatic N) is 6. The van der Waals surface area contributed by atoms with Crippen LogP contribution in [0, 0.1) is 11.6 Å². The summed E-state index contributed by atoms with van der Waals surface area (Å²) in [5, 5.41) is 16.9. The van der Waals surface area contributed by atoms with E-state index in [2.05, 4.69) is 10.4 Å². The van der Waals surface area contributed by atoms with Gasteiger partial charge in [0.05, 0.1) is 54.5 Å². The lowest BCUT2D eigenvalue weighted by molar-refractivity contribution is 0.0555. The van der Waals surface area contributed by atoms with Crippen molar-refractivity contribution in [3.8, 4) is 45.3 Å². The van der Waals surface area contributed by atoms with Gasteiger partial charge in [0.1, 0.15) is 40.6 Å². The summed E-state index contributed by atoms with van der Waals surface area (Å²) in [4.78, 5) is 20.5. The number of carbonyl (C=O) groups is 1. The molecule has 6 heterocycles. The van der Waals surface area contributed by atoms with Crippen LogP contribution in [0.4, 0.5) is 13.6 Å². The van der Waals surface area contributed by atoms with E-state index in [1.54, 1.807) is 29.6 Å². The smallest absolute Gasteiger partial charge is 0.318 e. The highest BCUT2D eigenvalue weighted by Crippen LogP contribution is 2.49. The summed E-state index contributed by atoms with van der Waals surface area (Å²) >= 11 is 1.39. The van der Waals surface area contributed by atoms with E-state index in [-0.39, 0.29) is 24.0 Å². The molecule has 1 N–H and O–H groups in total. The van der Waals surface area contributed by atoms with E-state index in [0.29, 0.717) is 77.1 Å².